The van der Waals surface area contributed by atoms with Gasteiger partial charge in [0.2, 0.25) is 0 Å². The van der Waals surface area contributed by atoms with E-state index in [0.29, 0.717) is 24.0 Å². The number of rotatable bonds is 1. The minimum absolute atomic E-state index is 0.259. The van der Waals surface area contributed by atoms with E-state index in [1.807, 2.05) is 6.92 Å². The zero-order valence-electron chi connectivity index (χ0n) is 8.19. The SMILES string of the molecule is Cc1cc(Br)c(C)c(C2(O)CC2)c1F. The van der Waals surface area contributed by atoms with Crippen LogP contribution in [0.15, 0.2) is 10.5 Å². The van der Waals surface area contributed by atoms with Crippen molar-refractivity contribution in [2.45, 2.75) is 32.3 Å². The minimum atomic E-state index is -0.900. The number of aliphatic hydroxyl groups is 1. The third-order valence-electron chi connectivity index (χ3n) is 2.83. The zero-order chi connectivity index (χ0) is 10.5. The summed E-state index contributed by atoms with van der Waals surface area (Å²) in [6, 6.07) is 1.75. The molecular weight excluding hydrogens is 247 g/mol. The van der Waals surface area contributed by atoms with E-state index in [9.17, 15) is 9.50 Å². The zero-order valence-corrected chi connectivity index (χ0v) is 9.78. The van der Waals surface area contributed by atoms with Gasteiger partial charge in [0.1, 0.15) is 5.82 Å². The Morgan fingerprint density at radius 2 is 2.00 bits per heavy atom. The fraction of sp³-hybridized carbons (Fsp3) is 0.455. The summed E-state index contributed by atoms with van der Waals surface area (Å²) in [5.74, 6) is -0.259. The van der Waals surface area contributed by atoms with E-state index >= 15 is 0 Å². The molecule has 76 valence electrons. The van der Waals surface area contributed by atoms with Crippen LogP contribution in [0.1, 0.15) is 29.5 Å². The van der Waals surface area contributed by atoms with E-state index in [1.165, 1.54) is 0 Å². The smallest absolute Gasteiger partial charge is 0.132 e. The van der Waals surface area contributed by atoms with Gasteiger partial charge in [-0.3, -0.25) is 0 Å². The highest BCUT2D eigenvalue weighted by molar-refractivity contribution is 9.10. The van der Waals surface area contributed by atoms with Crippen LogP contribution in [0, 0.1) is 19.7 Å². The first kappa shape index (κ1) is 10.1. The van der Waals surface area contributed by atoms with Crippen LogP contribution in [-0.4, -0.2) is 5.11 Å². The molecule has 14 heavy (non-hydrogen) atoms. The second kappa shape index (κ2) is 3.04. The number of aryl methyl sites for hydroxylation is 1. The molecular formula is C11H12BrFO. The van der Waals surface area contributed by atoms with Crippen molar-refractivity contribution >= 4 is 15.9 Å². The van der Waals surface area contributed by atoms with Crippen LogP contribution in [0.2, 0.25) is 0 Å². The van der Waals surface area contributed by atoms with Gasteiger partial charge in [0.05, 0.1) is 5.60 Å². The first-order valence-corrected chi connectivity index (χ1v) is 5.43. The molecule has 3 heteroatoms. The molecule has 0 amide bonds. The monoisotopic (exact) mass is 258 g/mol. The second-order valence-electron chi connectivity index (χ2n) is 4.02. The van der Waals surface area contributed by atoms with Crippen molar-refractivity contribution in [3.8, 4) is 0 Å². The summed E-state index contributed by atoms with van der Waals surface area (Å²) < 4.78 is 14.7. The van der Waals surface area contributed by atoms with Crippen molar-refractivity contribution in [2.24, 2.45) is 0 Å². The van der Waals surface area contributed by atoms with Gasteiger partial charge < -0.3 is 5.11 Å². The standard InChI is InChI=1S/C11H12BrFO/c1-6-5-8(12)7(2)9(10(6)13)11(14)3-4-11/h5,14H,3-4H2,1-2H3. The molecule has 0 heterocycles. The predicted molar refractivity (Wildman–Crippen MR) is 56.7 cm³/mol. The van der Waals surface area contributed by atoms with Crippen molar-refractivity contribution in [3.63, 3.8) is 0 Å². The van der Waals surface area contributed by atoms with Gasteiger partial charge in [-0.15, -0.1) is 0 Å². The van der Waals surface area contributed by atoms with E-state index in [-0.39, 0.29) is 5.82 Å². The molecule has 1 aliphatic carbocycles. The molecule has 1 aromatic carbocycles. The van der Waals surface area contributed by atoms with E-state index in [1.54, 1.807) is 13.0 Å². The maximum Gasteiger partial charge on any atom is 0.132 e. The van der Waals surface area contributed by atoms with Crippen molar-refractivity contribution < 1.29 is 9.50 Å². The van der Waals surface area contributed by atoms with Gasteiger partial charge in [0.15, 0.2) is 0 Å². The molecule has 1 nitrogen and oxygen atoms in total. The van der Waals surface area contributed by atoms with Crippen LogP contribution in [0.4, 0.5) is 4.39 Å². The summed E-state index contributed by atoms with van der Waals surface area (Å²) in [7, 11) is 0. The molecule has 0 aliphatic heterocycles. The van der Waals surface area contributed by atoms with Gasteiger partial charge in [0, 0.05) is 10.0 Å². The molecule has 0 spiro atoms. The Morgan fingerprint density at radius 1 is 1.43 bits per heavy atom. The highest BCUT2D eigenvalue weighted by atomic mass is 79.9. The maximum absolute atomic E-state index is 13.8. The lowest BCUT2D eigenvalue weighted by atomic mass is 9.98. The fourth-order valence-electron chi connectivity index (χ4n) is 1.76. The van der Waals surface area contributed by atoms with E-state index in [4.69, 9.17) is 0 Å². The Kier molecular flexibility index (Phi) is 2.20. The minimum Gasteiger partial charge on any atom is -0.385 e. The molecule has 1 saturated carbocycles. The summed E-state index contributed by atoms with van der Waals surface area (Å²) in [5.41, 5.74) is 0.971. The van der Waals surface area contributed by atoms with E-state index in [0.717, 1.165) is 10.0 Å². The van der Waals surface area contributed by atoms with Crippen LogP contribution >= 0.6 is 15.9 Å². The summed E-state index contributed by atoms with van der Waals surface area (Å²) in [4.78, 5) is 0. The first-order chi connectivity index (χ1) is 6.46. The summed E-state index contributed by atoms with van der Waals surface area (Å²) in [6.45, 7) is 3.55. The van der Waals surface area contributed by atoms with Crippen molar-refractivity contribution in [1.82, 2.24) is 0 Å². The van der Waals surface area contributed by atoms with Crippen molar-refractivity contribution in [3.05, 3.63) is 33.0 Å². The van der Waals surface area contributed by atoms with Crippen LogP contribution in [0.5, 0.6) is 0 Å². The average Bonchev–Trinajstić information content (AvgIpc) is 2.81. The Bertz CT molecular complexity index is 371. The highest BCUT2D eigenvalue weighted by Crippen LogP contribution is 2.49. The normalized spacial score (nSPS) is 18.4. The molecule has 1 aliphatic rings. The number of benzene rings is 1. The largest absolute Gasteiger partial charge is 0.385 e. The number of hydrogen-bond acceptors (Lipinski definition) is 1. The second-order valence-corrected chi connectivity index (χ2v) is 4.88. The van der Waals surface area contributed by atoms with Gasteiger partial charge in [-0.1, -0.05) is 15.9 Å². The number of hydrogen-bond donors (Lipinski definition) is 1. The molecule has 0 aromatic heterocycles. The third-order valence-corrected chi connectivity index (χ3v) is 3.65. The van der Waals surface area contributed by atoms with Crippen molar-refractivity contribution in [2.75, 3.05) is 0 Å². The lowest BCUT2D eigenvalue weighted by molar-refractivity contribution is 0.145. The molecule has 0 saturated heterocycles. The molecule has 1 aromatic rings. The molecule has 1 N–H and O–H groups in total. The number of halogens is 2. The highest BCUT2D eigenvalue weighted by Gasteiger charge is 2.45. The molecule has 0 bridgehead atoms. The van der Waals surface area contributed by atoms with E-state index < -0.39 is 5.60 Å². The van der Waals surface area contributed by atoms with Crippen LogP contribution in [0.25, 0.3) is 0 Å². The average molecular weight is 259 g/mol. The van der Waals surface area contributed by atoms with Gasteiger partial charge in [0.25, 0.3) is 0 Å². The molecule has 2 rings (SSSR count). The lowest BCUT2D eigenvalue weighted by Crippen LogP contribution is -2.11. The Hall–Kier alpha value is -0.410. The van der Waals surface area contributed by atoms with E-state index in [2.05, 4.69) is 15.9 Å². The maximum atomic E-state index is 13.8. The quantitative estimate of drug-likeness (QED) is 0.821. The third kappa shape index (κ3) is 1.39. The van der Waals surface area contributed by atoms with Crippen LogP contribution < -0.4 is 0 Å². The van der Waals surface area contributed by atoms with Gasteiger partial charge in [-0.25, -0.2) is 4.39 Å². The van der Waals surface area contributed by atoms with Crippen LogP contribution in [0.3, 0.4) is 0 Å². The summed E-state index contributed by atoms with van der Waals surface area (Å²) in [5, 5.41) is 9.95. The summed E-state index contributed by atoms with van der Waals surface area (Å²) >= 11 is 3.37. The van der Waals surface area contributed by atoms with Crippen LogP contribution in [-0.2, 0) is 5.60 Å². The molecule has 0 radical (unpaired) electrons. The predicted octanol–water partition coefficient (Wildman–Crippen LogP) is 3.19. The first-order valence-electron chi connectivity index (χ1n) is 4.64. The molecule has 1 fully saturated rings. The van der Waals surface area contributed by atoms with Crippen molar-refractivity contribution in [1.29, 1.82) is 0 Å². The fourth-order valence-corrected chi connectivity index (χ4v) is 2.31. The van der Waals surface area contributed by atoms with Gasteiger partial charge >= 0.3 is 0 Å². The Morgan fingerprint density at radius 3 is 2.50 bits per heavy atom. The van der Waals surface area contributed by atoms with Gasteiger partial charge in [-0.05, 0) is 43.9 Å². The lowest BCUT2D eigenvalue weighted by Gasteiger charge is -2.16. The Balaban J connectivity index is 2.68. The topological polar surface area (TPSA) is 20.2 Å². The molecule has 0 unspecified atom stereocenters. The Labute approximate surface area is 91.1 Å². The molecule has 0 atom stereocenters. The van der Waals surface area contributed by atoms with Gasteiger partial charge in [-0.2, -0.15) is 0 Å². The summed E-state index contributed by atoms with van der Waals surface area (Å²) in [6.07, 6.45) is 1.33.